The lowest BCUT2D eigenvalue weighted by Crippen LogP contribution is -2.41. The van der Waals surface area contributed by atoms with Crippen molar-refractivity contribution < 1.29 is 4.79 Å². The summed E-state index contributed by atoms with van der Waals surface area (Å²) in [5.41, 5.74) is 1.97. The first kappa shape index (κ1) is 12.9. The molecule has 0 aromatic carbocycles. The van der Waals surface area contributed by atoms with Crippen LogP contribution in [-0.4, -0.2) is 26.9 Å². The van der Waals surface area contributed by atoms with Gasteiger partial charge in [-0.3, -0.25) is 9.78 Å². The third kappa shape index (κ3) is 2.22. The van der Waals surface area contributed by atoms with Crippen LogP contribution in [0.2, 0.25) is 0 Å². The van der Waals surface area contributed by atoms with Crippen LogP contribution in [0.3, 0.4) is 0 Å². The van der Waals surface area contributed by atoms with E-state index in [0.29, 0.717) is 0 Å². The number of carbonyl (C=O) groups excluding carboxylic acids is 1. The first-order valence-corrected chi connectivity index (χ1v) is 7.17. The Kier molecular flexibility index (Phi) is 3.54. The second kappa shape index (κ2) is 5.49. The third-order valence-electron chi connectivity index (χ3n) is 3.91. The molecule has 2 aromatic rings. The fraction of sp³-hybridized carbons (Fsp3) is 0.375. The molecule has 0 N–H and O–H groups in total. The van der Waals surface area contributed by atoms with Crippen molar-refractivity contribution in [2.45, 2.75) is 32.4 Å². The molecule has 0 saturated heterocycles. The summed E-state index contributed by atoms with van der Waals surface area (Å²) in [5.74, 6) is 0.110. The molecule has 4 heteroatoms. The number of aromatic nitrogens is 2. The molecular formula is C16H19N3O. The molecule has 4 nitrogen and oxygen atoms in total. The summed E-state index contributed by atoms with van der Waals surface area (Å²) < 4.78 is 2.26. The van der Waals surface area contributed by atoms with Gasteiger partial charge < -0.3 is 9.47 Å². The number of hydrogen-bond donors (Lipinski definition) is 0. The van der Waals surface area contributed by atoms with Gasteiger partial charge in [0.15, 0.2) is 0 Å². The number of carbonyl (C=O) groups is 1. The Morgan fingerprint density at radius 2 is 2.10 bits per heavy atom. The van der Waals surface area contributed by atoms with Crippen LogP contribution in [0.25, 0.3) is 0 Å². The molecule has 1 atom stereocenters. The summed E-state index contributed by atoms with van der Waals surface area (Å²) in [6.07, 6.45) is 7.52. The first-order valence-electron chi connectivity index (χ1n) is 7.17. The van der Waals surface area contributed by atoms with Crippen molar-refractivity contribution in [2.24, 2.45) is 0 Å². The quantitative estimate of drug-likeness (QED) is 0.859. The molecule has 0 bridgehead atoms. The molecule has 104 valence electrons. The van der Waals surface area contributed by atoms with Gasteiger partial charge in [-0.25, -0.2) is 0 Å². The fourth-order valence-electron chi connectivity index (χ4n) is 2.94. The van der Waals surface area contributed by atoms with Crippen molar-refractivity contribution in [3.05, 3.63) is 54.1 Å². The Morgan fingerprint density at radius 3 is 2.85 bits per heavy atom. The van der Waals surface area contributed by atoms with E-state index in [0.717, 1.165) is 31.5 Å². The molecule has 1 amide bonds. The van der Waals surface area contributed by atoms with Crippen LogP contribution < -0.4 is 0 Å². The Morgan fingerprint density at radius 1 is 1.30 bits per heavy atom. The van der Waals surface area contributed by atoms with Gasteiger partial charge in [0, 0.05) is 42.9 Å². The highest BCUT2D eigenvalue weighted by Gasteiger charge is 2.30. The van der Waals surface area contributed by atoms with E-state index in [1.54, 1.807) is 24.5 Å². The SMILES string of the molecule is CCC[C@@H]1c2cccn2CCN1C(=O)c1ccncc1. The molecular weight excluding hydrogens is 250 g/mol. The number of pyridine rings is 1. The van der Waals surface area contributed by atoms with Crippen LogP contribution >= 0.6 is 0 Å². The lowest BCUT2D eigenvalue weighted by molar-refractivity contribution is 0.0611. The second-order valence-electron chi connectivity index (χ2n) is 5.17. The molecule has 0 aliphatic carbocycles. The Balaban J connectivity index is 1.91. The Labute approximate surface area is 119 Å². The zero-order valence-electron chi connectivity index (χ0n) is 11.7. The predicted molar refractivity (Wildman–Crippen MR) is 77.4 cm³/mol. The van der Waals surface area contributed by atoms with E-state index in [9.17, 15) is 4.79 Å². The molecule has 3 rings (SSSR count). The lowest BCUT2D eigenvalue weighted by Gasteiger charge is -2.37. The van der Waals surface area contributed by atoms with Gasteiger partial charge in [0.25, 0.3) is 5.91 Å². The van der Waals surface area contributed by atoms with Gasteiger partial charge in [0.05, 0.1) is 6.04 Å². The highest BCUT2D eigenvalue weighted by molar-refractivity contribution is 5.94. The van der Waals surface area contributed by atoms with E-state index in [1.165, 1.54) is 5.69 Å². The number of amides is 1. The van der Waals surface area contributed by atoms with Crippen molar-refractivity contribution in [1.29, 1.82) is 0 Å². The van der Waals surface area contributed by atoms with E-state index in [-0.39, 0.29) is 11.9 Å². The van der Waals surface area contributed by atoms with Crippen molar-refractivity contribution in [3.8, 4) is 0 Å². The van der Waals surface area contributed by atoms with Crippen LogP contribution in [0, 0.1) is 0 Å². The molecule has 20 heavy (non-hydrogen) atoms. The maximum atomic E-state index is 12.7. The maximum Gasteiger partial charge on any atom is 0.254 e. The zero-order valence-corrected chi connectivity index (χ0v) is 11.7. The molecule has 0 saturated carbocycles. The third-order valence-corrected chi connectivity index (χ3v) is 3.91. The molecule has 2 aromatic heterocycles. The van der Waals surface area contributed by atoms with E-state index in [1.807, 2.05) is 4.90 Å². The van der Waals surface area contributed by atoms with E-state index < -0.39 is 0 Å². The highest BCUT2D eigenvalue weighted by atomic mass is 16.2. The van der Waals surface area contributed by atoms with Gasteiger partial charge in [-0.05, 0) is 30.7 Å². The van der Waals surface area contributed by atoms with Crippen molar-refractivity contribution in [2.75, 3.05) is 6.54 Å². The molecule has 3 heterocycles. The highest BCUT2D eigenvalue weighted by Crippen LogP contribution is 2.31. The smallest absolute Gasteiger partial charge is 0.254 e. The first-order chi connectivity index (χ1) is 9.81. The minimum atomic E-state index is 0.110. The minimum absolute atomic E-state index is 0.110. The molecule has 0 unspecified atom stereocenters. The molecule has 0 fully saturated rings. The average Bonchev–Trinajstić information content (AvgIpc) is 2.97. The topological polar surface area (TPSA) is 38.1 Å². The molecule has 1 aliphatic heterocycles. The van der Waals surface area contributed by atoms with Gasteiger partial charge in [-0.1, -0.05) is 13.3 Å². The van der Waals surface area contributed by atoms with Gasteiger partial charge in [-0.15, -0.1) is 0 Å². The van der Waals surface area contributed by atoms with E-state index >= 15 is 0 Å². The number of hydrogen-bond acceptors (Lipinski definition) is 2. The monoisotopic (exact) mass is 269 g/mol. The fourth-order valence-corrected chi connectivity index (χ4v) is 2.94. The molecule has 1 aliphatic rings. The van der Waals surface area contributed by atoms with Crippen LogP contribution in [-0.2, 0) is 6.54 Å². The largest absolute Gasteiger partial charge is 0.348 e. The standard InChI is InChI=1S/C16H19N3O/c1-2-4-15-14-5-3-10-18(14)11-12-19(15)16(20)13-6-8-17-9-7-13/h3,5-10,15H,2,4,11-12H2,1H3/t15-/m1/s1. The van der Waals surface area contributed by atoms with Crippen LogP contribution in [0.4, 0.5) is 0 Å². The summed E-state index contributed by atoms with van der Waals surface area (Å²) >= 11 is 0. The lowest BCUT2D eigenvalue weighted by atomic mass is 10.0. The zero-order chi connectivity index (χ0) is 13.9. The summed E-state index contributed by atoms with van der Waals surface area (Å²) in [5, 5.41) is 0. The normalized spacial score (nSPS) is 17.9. The van der Waals surface area contributed by atoms with Gasteiger partial charge in [-0.2, -0.15) is 0 Å². The predicted octanol–water partition coefficient (Wildman–Crippen LogP) is 2.88. The summed E-state index contributed by atoms with van der Waals surface area (Å²) in [6.45, 7) is 3.81. The number of fused-ring (bicyclic) bond motifs is 1. The van der Waals surface area contributed by atoms with Gasteiger partial charge in [0.1, 0.15) is 0 Å². The van der Waals surface area contributed by atoms with Crippen LogP contribution in [0.15, 0.2) is 42.9 Å². The maximum absolute atomic E-state index is 12.7. The number of nitrogens with zero attached hydrogens (tertiary/aromatic N) is 3. The Bertz CT molecular complexity index is 591. The molecule has 0 spiro atoms. The average molecular weight is 269 g/mol. The van der Waals surface area contributed by atoms with Gasteiger partial charge in [0.2, 0.25) is 0 Å². The van der Waals surface area contributed by atoms with Crippen molar-refractivity contribution >= 4 is 5.91 Å². The molecule has 0 radical (unpaired) electrons. The van der Waals surface area contributed by atoms with E-state index in [2.05, 4.69) is 34.8 Å². The summed E-state index contributed by atoms with van der Waals surface area (Å²) in [6, 6.07) is 7.97. The summed E-state index contributed by atoms with van der Waals surface area (Å²) in [4.78, 5) is 18.7. The second-order valence-corrected chi connectivity index (χ2v) is 5.17. The van der Waals surface area contributed by atoms with Crippen molar-refractivity contribution in [3.63, 3.8) is 0 Å². The Hall–Kier alpha value is -2.10. The van der Waals surface area contributed by atoms with Gasteiger partial charge >= 0.3 is 0 Å². The number of rotatable bonds is 3. The van der Waals surface area contributed by atoms with Crippen LogP contribution in [0.5, 0.6) is 0 Å². The summed E-state index contributed by atoms with van der Waals surface area (Å²) in [7, 11) is 0. The van der Waals surface area contributed by atoms with Crippen molar-refractivity contribution in [1.82, 2.24) is 14.5 Å². The van der Waals surface area contributed by atoms with Crippen LogP contribution in [0.1, 0.15) is 41.9 Å². The van der Waals surface area contributed by atoms with E-state index in [4.69, 9.17) is 0 Å². The minimum Gasteiger partial charge on any atom is -0.348 e.